The zero-order valence-corrected chi connectivity index (χ0v) is 18.2. The minimum Gasteiger partial charge on any atom is -0.381 e. The Balaban J connectivity index is 1.31. The van der Waals surface area contributed by atoms with E-state index in [0.29, 0.717) is 24.2 Å². The Kier molecular flexibility index (Phi) is 4.67. The van der Waals surface area contributed by atoms with Crippen LogP contribution >= 0.6 is 0 Å². The number of rotatable bonds is 2. The van der Waals surface area contributed by atoms with E-state index in [1.54, 1.807) is 6.33 Å². The van der Waals surface area contributed by atoms with Crippen LogP contribution < -0.4 is 4.90 Å². The van der Waals surface area contributed by atoms with Gasteiger partial charge in [0.15, 0.2) is 0 Å². The lowest BCUT2D eigenvalue weighted by Crippen LogP contribution is -2.68. The molecule has 6 atom stereocenters. The van der Waals surface area contributed by atoms with Gasteiger partial charge in [0.1, 0.15) is 18.2 Å². The summed E-state index contributed by atoms with van der Waals surface area (Å²) in [5.41, 5.74) is 0.952. The number of carbonyl (C=O) groups is 2. The molecular weight excluding hydrogens is 394 g/mol. The molecule has 2 amide bonds. The van der Waals surface area contributed by atoms with E-state index in [2.05, 4.69) is 14.9 Å². The van der Waals surface area contributed by atoms with Crippen LogP contribution in [0.2, 0.25) is 0 Å². The third-order valence-corrected chi connectivity index (χ3v) is 8.26. The molecule has 5 aliphatic heterocycles. The summed E-state index contributed by atoms with van der Waals surface area (Å²) in [6.45, 7) is 6.72. The number of amides is 2. The highest BCUT2D eigenvalue weighted by molar-refractivity contribution is 5.89. The number of carbonyl (C=O) groups excluding carboxylic acids is 2. The van der Waals surface area contributed by atoms with Crippen molar-refractivity contribution in [1.29, 1.82) is 0 Å². The molecule has 2 bridgehead atoms. The summed E-state index contributed by atoms with van der Waals surface area (Å²) >= 11 is 0. The topological polar surface area (TPSA) is 78.9 Å². The van der Waals surface area contributed by atoms with Crippen molar-refractivity contribution < 1.29 is 14.3 Å². The van der Waals surface area contributed by atoms with Crippen LogP contribution in [-0.4, -0.2) is 83.1 Å². The van der Waals surface area contributed by atoms with Gasteiger partial charge in [0.2, 0.25) is 11.8 Å². The second-order valence-electron chi connectivity index (χ2n) is 10.2. The first kappa shape index (κ1) is 19.5. The normalized spacial score (nSPS) is 37.1. The molecule has 0 aliphatic carbocycles. The molecule has 1 aromatic heterocycles. The van der Waals surface area contributed by atoms with Crippen molar-refractivity contribution in [2.75, 3.05) is 44.3 Å². The van der Waals surface area contributed by atoms with Crippen molar-refractivity contribution in [2.45, 2.75) is 44.7 Å². The monoisotopic (exact) mass is 425 g/mol. The molecule has 0 saturated carbocycles. The molecule has 31 heavy (non-hydrogen) atoms. The van der Waals surface area contributed by atoms with Gasteiger partial charge in [-0.25, -0.2) is 9.97 Å². The van der Waals surface area contributed by atoms with Gasteiger partial charge in [0.25, 0.3) is 0 Å². The first-order chi connectivity index (χ1) is 15.1. The highest BCUT2D eigenvalue weighted by Crippen LogP contribution is 2.43. The van der Waals surface area contributed by atoms with Crippen molar-refractivity contribution in [1.82, 2.24) is 19.8 Å². The van der Waals surface area contributed by atoms with Crippen molar-refractivity contribution in [3.8, 4) is 0 Å². The Morgan fingerprint density at radius 1 is 1.06 bits per heavy atom. The number of aryl methyl sites for hydroxylation is 1. The summed E-state index contributed by atoms with van der Waals surface area (Å²) in [5, 5.41) is 0. The van der Waals surface area contributed by atoms with E-state index >= 15 is 0 Å². The minimum absolute atomic E-state index is 0.150. The highest BCUT2D eigenvalue weighted by Gasteiger charge is 2.54. The second-order valence-corrected chi connectivity index (χ2v) is 10.2. The number of fused-ring (bicyclic) bond motifs is 5. The van der Waals surface area contributed by atoms with Crippen LogP contribution in [0.25, 0.3) is 0 Å². The van der Waals surface area contributed by atoms with Gasteiger partial charge in [-0.1, -0.05) is 0 Å². The number of piperidine rings is 3. The van der Waals surface area contributed by atoms with E-state index in [1.165, 1.54) is 0 Å². The number of ether oxygens (including phenoxy) is 1. The molecule has 0 spiro atoms. The fourth-order valence-corrected chi connectivity index (χ4v) is 6.83. The Morgan fingerprint density at radius 2 is 1.84 bits per heavy atom. The van der Waals surface area contributed by atoms with E-state index in [1.807, 2.05) is 22.8 Å². The number of hydrogen-bond acceptors (Lipinski definition) is 6. The summed E-state index contributed by atoms with van der Waals surface area (Å²) in [5.74, 6) is 2.75. The Hall–Kier alpha value is -2.22. The van der Waals surface area contributed by atoms with Gasteiger partial charge in [0.05, 0.1) is 13.2 Å². The highest BCUT2D eigenvalue weighted by atomic mass is 16.5. The van der Waals surface area contributed by atoms with E-state index < -0.39 is 0 Å². The molecule has 0 N–H and O–H groups in total. The predicted octanol–water partition coefficient (Wildman–Crippen LogP) is 1.10. The molecule has 6 heterocycles. The van der Waals surface area contributed by atoms with Crippen molar-refractivity contribution in [3.63, 3.8) is 0 Å². The first-order valence-corrected chi connectivity index (χ1v) is 11.8. The van der Waals surface area contributed by atoms with Crippen LogP contribution in [0.15, 0.2) is 12.4 Å². The average molecular weight is 426 g/mol. The molecule has 5 aliphatic rings. The van der Waals surface area contributed by atoms with Gasteiger partial charge < -0.3 is 19.4 Å². The first-order valence-electron chi connectivity index (χ1n) is 11.8. The number of nitrogens with zero attached hydrogens (tertiary/aromatic N) is 5. The quantitative estimate of drug-likeness (QED) is 0.706. The average Bonchev–Trinajstić information content (AvgIpc) is 3.37. The van der Waals surface area contributed by atoms with E-state index in [0.717, 1.165) is 70.2 Å². The lowest BCUT2D eigenvalue weighted by Gasteiger charge is -2.56. The SMILES string of the molecule is Cc1cc(N2C[C@H]3C[C@@H](C2)[C@H](C(=O)N2C[C@H]4COC[C@H]4C2)N2C(=O)CCC[C@@H]32)ncn1. The lowest BCUT2D eigenvalue weighted by molar-refractivity contribution is -0.160. The number of hydrogen-bond donors (Lipinski definition) is 0. The number of likely N-dealkylation sites (tertiary alicyclic amines) is 1. The Morgan fingerprint density at radius 3 is 2.61 bits per heavy atom. The molecule has 8 nitrogen and oxygen atoms in total. The molecule has 166 valence electrons. The van der Waals surface area contributed by atoms with Crippen LogP contribution in [0.3, 0.4) is 0 Å². The standard InChI is InChI=1S/C23H31N5O3/c1-14-5-20(25-13-24-14)26-7-15-6-16(8-26)22(28-19(15)3-2-4-21(28)29)23(30)27-9-17-11-31-12-18(17)10-27/h5,13,15-19,22H,2-4,6-12H2,1H3/t15-,16+,17-,18+,19+,22-/m1/s1. The summed E-state index contributed by atoms with van der Waals surface area (Å²) in [6.07, 6.45) is 5.16. The van der Waals surface area contributed by atoms with E-state index in [4.69, 9.17) is 4.74 Å². The van der Waals surface area contributed by atoms with Gasteiger partial charge in [-0.15, -0.1) is 0 Å². The van der Waals surface area contributed by atoms with Crippen LogP contribution in [0.5, 0.6) is 0 Å². The molecule has 0 radical (unpaired) electrons. The molecule has 8 heteroatoms. The zero-order chi connectivity index (χ0) is 21.1. The third kappa shape index (κ3) is 3.22. The van der Waals surface area contributed by atoms with Gasteiger partial charge in [-0.2, -0.15) is 0 Å². The molecule has 5 saturated heterocycles. The smallest absolute Gasteiger partial charge is 0.245 e. The van der Waals surface area contributed by atoms with Crippen molar-refractivity contribution >= 4 is 17.6 Å². The van der Waals surface area contributed by atoms with Gasteiger partial charge in [0, 0.05) is 68.2 Å². The van der Waals surface area contributed by atoms with Gasteiger partial charge >= 0.3 is 0 Å². The molecule has 0 unspecified atom stereocenters. The maximum atomic E-state index is 13.9. The maximum Gasteiger partial charge on any atom is 0.245 e. The van der Waals surface area contributed by atoms with Crippen LogP contribution in [0.1, 0.15) is 31.4 Å². The van der Waals surface area contributed by atoms with Crippen molar-refractivity contribution in [2.24, 2.45) is 23.7 Å². The lowest BCUT2D eigenvalue weighted by atomic mass is 9.71. The fraction of sp³-hybridized carbons (Fsp3) is 0.739. The maximum absolute atomic E-state index is 13.9. The second kappa shape index (κ2) is 7.43. The van der Waals surface area contributed by atoms with Gasteiger partial charge in [-0.05, 0) is 32.1 Å². The van der Waals surface area contributed by atoms with Crippen molar-refractivity contribution in [3.05, 3.63) is 18.1 Å². The molecule has 1 aromatic rings. The molecular formula is C23H31N5O3. The van der Waals surface area contributed by atoms with E-state index in [-0.39, 0.29) is 29.8 Å². The summed E-state index contributed by atoms with van der Waals surface area (Å²) in [4.78, 5) is 42.1. The zero-order valence-electron chi connectivity index (χ0n) is 18.2. The van der Waals surface area contributed by atoms with Crippen LogP contribution in [0.4, 0.5) is 5.82 Å². The largest absolute Gasteiger partial charge is 0.381 e. The molecule has 5 fully saturated rings. The van der Waals surface area contributed by atoms with E-state index in [9.17, 15) is 9.59 Å². The number of anilines is 1. The summed E-state index contributed by atoms with van der Waals surface area (Å²) < 4.78 is 5.60. The Labute approximate surface area is 182 Å². The minimum atomic E-state index is -0.334. The molecule has 0 aromatic carbocycles. The predicted molar refractivity (Wildman–Crippen MR) is 113 cm³/mol. The molecule has 6 rings (SSSR count). The van der Waals surface area contributed by atoms with Crippen LogP contribution in [-0.2, 0) is 14.3 Å². The third-order valence-electron chi connectivity index (χ3n) is 8.26. The fourth-order valence-electron chi connectivity index (χ4n) is 6.83. The Bertz CT molecular complexity index is 882. The number of aromatic nitrogens is 2. The summed E-state index contributed by atoms with van der Waals surface area (Å²) in [6, 6.07) is 1.87. The van der Waals surface area contributed by atoms with Crippen LogP contribution in [0, 0.1) is 30.6 Å². The van der Waals surface area contributed by atoms with Gasteiger partial charge in [-0.3, -0.25) is 9.59 Å². The summed E-state index contributed by atoms with van der Waals surface area (Å²) in [7, 11) is 0.